The number of pyridine rings is 1. The number of ether oxygens (including phenoxy) is 8. The van der Waals surface area contributed by atoms with Crippen LogP contribution in [0.4, 0.5) is 5.82 Å². The van der Waals surface area contributed by atoms with Gasteiger partial charge in [-0.15, -0.1) is 0 Å². The van der Waals surface area contributed by atoms with Crippen LogP contribution in [0.2, 0.25) is 0 Å². The molecule has 0 atom stereocenters. The maximum atomic E-state index is 10.8. The monoisotopic (exact) mass is 747 g/mol. The Kier molecular flexibility index (Phi) is 24.1. The van der Waals surface area contributed by atoms with Crippen LogP contribution in [0.3, 0.4) is 0 Å². The van der Waals surface area contributed by atoms with Crippen molar-refractivity contribution in [1.29, 1.82) is 0 Å². The van der Waals surface area contributed by atoms with Crippen molar-refractivity contribution in [2.75, 3.05) is 132 Å². The summed E-state index contributed by atoms with van der Waals surface area (Å²) < 4.78 is 46.5. The second-order valence-electron chi connectivity index (χ2n) is 12.9. The summed E-state index contributed by atoms with van der Waals surface area (Å²) in [6.45, 7) is 14.8. The number of likely N-dealkylation sites (N-methyl/N-ethyl adjacent to an activating group) is 1. The zero-order chi connectivity index (χ0) is 37.8. The highest BCUT2D eigenvalue weighted by atomic mass is 16.6. The van der Waals surface area contributed by atoms with Crippen molar-refractivity contribution < 1.29 is 42.7 Å². The Bertz CT molecular complexity index is 1390. The van der Waals surface area contributed by atoms with Crippen molar-refractivity contribution in [3.05, 3.63) is 30.1 Å². The summed E-state index contributed by atoms with van der Waals surface area (Å²) >= 11 is 0. The minimum Gasteiger partial charge on any atom is -0.382 e. The number of anilines is 1. The molecule has 0 aliphatic heterocycles. The van der Waals surface area contributed by atoms with E-state index in [2.05, 4.69) is 40.6 Å². The standard InChI is InChI=1S/C39H65N5O9/c1-4-5-12-36-42-37-38(34-10-6-7-11-35(34)41-39(37)40)44(36)15-9-8-14-43(3)16-18-47-20-22-49-24-26-51-28-30-53-32-31-52-29-27-50-25-23-48-21-19-46-17-13-33(2)45/h6-7,10-11H,4-5,8-9,12-32H2,1-3H3,(H2,40,41). The Morgan fingerprint density at radius 3 is 1.72 bits per heavy atom. The Morgan fingerprint density at radius 2 is 1.19 bits per heavy atom. The fourth-order valence-electron chi connectivity index (χ4n) is 5.51. The first-order chi connectivity index (χ1) is 26.0. The summed E-state index contributed by atoms with van der Waals surface area (Å²) in [5.41, 5.74) is 9.20. The molecule has 0 aliphatic rings. The lowest BCUT2D eigenvalue weighted by molar-refractivity contribution is -0.118. The van der Waals surface area contributed by atoms with Crippen molar-refractivity contribution in [2.24, 2.45) is 0 Å². The van der Waals surface area contributed by atoms with Gasteiger partial charge in [-0.3, -0.25) is 4.79 Å². The van der Waals surface area contributed by atoms with Gasteiger partial charge in [0.25, 0.3) is 0 Å². The van der Waals surface area contributed by atoms with Crippen LogP contribution < -0.4 is 5.73 Å². The SMILES string of the molecule is CCCCc1nc2c(N)nc3ccccc3c2n1CCCCN(C)CCOCCOCCOCCOCCOCCOCCOCCOCCC(C)=O. The minimum atomic E-state index is 0.128. The number of carbonyl (C=O) groups excluding carboxylic acids is 1. The molecule has 0 bridgehead atoms. The van der Waals surface area contributed by atoms with Crippen LogP contribution in [0.25, 0.3) is 21.9 Å². The van der Waals surface area contributed by atoms with Gasteiger partial charge in [0.2, 0.25) is 0 Å². The van der Waals surface area contributed by atoms with Gasteiger partial charge in [0, 0.05) is 31.3 Å². The fraction of sp³-hybridized carbons (Fsp3) is 0.718. The number of rotatable bonds is 35. The van der Waals surface area contributed by atoms with E-state index in [1.54, 1.807) is 6.92 Å². The molecule has 300 valence electrons. The van der Waals surface area contributed by atoms with Gasteiger partial charge in [-0.1, -0.05) is 31.5 Å². The molecule has 0 aliphatic carbocycles. The number of imidazole rings is 1. The number of unbranched alkanes of at least 4 members (excludes halogenated alkanes) is 2. The van der Waals surface area contributed by atoms with Gasteiger partial charge < -0.3 is 53.1 Å². The average Bonchev–Trinajstić information content (AvgIpc) is 3.52. The Hall–Kier alpha value is -2.79. The number of carbonyl (C=O) groups is 1. The quantitative estimate of drug-likeness (QED) is 0.0852. The van der Waals surface area contributed by atoms with Crippen LogP contribution in [0.1, 0.15) is 51.8 Å². The van der Waals surface area contributed by atoms with Gasteiger partial charge >= 0.3 is 0 Å². The number of nitrogens with two attached hydrogens (primary N) is 1. The summed E-state index contributed by atoms with van der Waals surface area (Å²) in [6.07, 6.45) is 5.76. The number of fused-ring (bicyclic) bond motifs is 3. The van der Waals surface area contributed by atoms with E-state index in [1.807, 2.05) is 12.1 Å². The van der Waals surface area contributed by atoms with E-state index in [4.69, 9.17) is 48.6 Å². The van der Waals surface area contributed by atoms with Crippen molar-refractivity contribution in [3.8, 4) is 0 Å². The lowest BCUT2D eigenvalue weighted by atomic mass is 10.1. The first kappa shape index (κ1) is 44.6. The molecule has 2 heterocycles. The number of para-hydroxylation sites is 1. The molecular formula is C39H65N5O9. The van der Waals surface area contributed by atoms with Gasteiger partial charge in [0.15, 0.2) is 5.82 Å². The second-order valence-corrected chi connectivity index (χ2v) is 12.9. The van der Waals surface area contributed by atoms with E-state index in [-0.39, 0.29) is 5.78 Å². The van der Waals surface area contributed by atoms with E-state index in [0.717, 1.165) is 79.5 Å². The van der Waals surface area contributed by atoms with Crippen molar-refractivity contribution in [2.45, 2.75) is 58.9 Å². The Balaban J connectivity index is 1.08. The Morgan fingerprint density at radius 1 is 0.679 bits per heavy atom. The summed E-state index contributed by atoms with van der Waals surface area (Å²) in [6, 6.07) is 8.20. The molecule has 0 amide bonds. The number of nitrogens with zero attached hydrogens (tertiary/aromatic N) is 4. The number of benzene rings is 1. The summed E-state index contributed by atoms with van der Waals surface area (Å²) in [5.74, 6) is 1.74. The van der Waals surface area contributed by atoms with E-state index in [9.17, 15) is 4.79 Å². The molecule has 14 heteroatoms. The molecule has 0 saturated carbocycles. The summed E-state index contributed by atoms with van der Waals surface area (Å²) in [5, 5.41) is 1.11. The number of Topliss-reactive ketones (excluding diaryl/α,β-unsaturated/α-hetero) is 1. The maximum Gasteiger partial charge on any atom is 0.152 e. The highest BCUT2D eigenvalue weighted by molar-refractivity contribution is 6.06. The molecule has 0 unspecified atom stereocenters. The minimum absolute atomic E-state index is 0.128. The zero-order valence-electron chi connectivity index (χ0n) is 32.5. The molecule has 2 N–H and O–H groups in total. The third-order valence-electron chi connectivity index (χ3n) is 8.43. The first-order valence-electron chi connectivity index (χ1n) is 19.3. The largest absolute Gasteiger partial charge is 0.382 e. The molecule has 0 fully saturated rings. The fourth-order valence-corrected chi connectivity index (χ4v) is 5.51. The molecule has 2 aromatic heterocycles. The van der Waals surface area contributed by atoms with Crippen molar-refractivity contribution in [3.63, 3.8) is 0 Å². The Labute approximate surface area is 315 Å². The van der Waals surface area contributed by atoms with Crippen LogP contribution in [0, 0.1) is 0 Å². The molecule has 14 nitrogen and oxygen atoms in total. The van der Waals surface area contributed by atoms with Crippen LogP contribution in [-0.4, -0.2) is 151 Å². The summed E-state index contributed by atoms with van der Waals surface area (Å²) in [7, 11) is 2.14. The molecule has 0 saturated heterocycles. The number of hydrogen-bond acceptors (Lipinski definition) is 13. The van der Waals surface area contributed by atoms with Crippen LogP contribution >= 0.6 is 0 Å². The van der Waals surface area contributed by atoms with E-state index < -0.39 is 0 Å². The number of hydrogen-bond donors (Lipinski definition) is 1. The first-order valence-corrected chi connectivity index (χ1v) is 19.3. The second kappa shape index (κ2) is 28.6. The summed E-state index contributed by atoms with van der Waals surface area (Å²) in [4.78, 5) is 22.7. The van der Waals surface area contributed by atoms with Crippen LogP contribution in [0.5, 0.6) is 0 Å². The van der Waals surface area contributed by atoms with Crippen LogP contribution in [0.15, 0.2) is 24.3 Å². The molecular weight excluding hydrogens is 682 g/mol. The van der Waals surface area contributed by atoms with Crippen molar-refractivity contribution >= 4 is 33.5 Å². The third-order valence-corrected chi connectivity index (χ3v) is 8.43. The van der Waals surface area contributed by atoms with E-state index >= 15 is 0 Å². The number of ketones is 1. The van der Waals surface area contributed by atoms with Crippen molar-refractivity contribution in [1.82, 2.24) is 19.4 Å². The molecule has 0 radical (unpaired) electrons. The van der Waals surface area contributed by atoms with Gasteiger partial charge in [0.05, 0.1) is 117 Å². The zero-order valence-corrected chi connectivity index (χ0v) is 32.5. The van der Waals surface area contributed by atoms with Crippen LogP contribution in [-0.2, 0) is 55.7 Å². The van der Waals surface area contributed by atoms with Gasteiger partial charge in [-0.2, -0.15) is 0 Å². The lowest BCUT2D eigenvalue weighted by Crippen LogP contribution is -2.25. The van der Waals surface area contributed by atoms with E-state index in [0.29, 0.717) is 118 Å². The van der Waals surface area contributed by atoms with Gasteiger partial charge in [-0.05, 0) is 45.8 Å². The average molecular weight is 748 g/mol. The highest BCUT2D eigenvalue weighted by Crippen LogP contribution is 2.29. The predicted octanol–water partition coefficient (Wildman–Crippen LogP) is 4.33. The molecule has 3 aromatic rings. The topological polar surface area (TPSA) is 151 Å². The predicted molar refractivity (Wildman–Crippen MR) is 207 cm³/mol. The third kappa shape index (κ3) is 18.9. The molecule has 0 spiro atoms. The molecule has 1 aromatic carbocycles. The molecule has 53 heavy (non-hydrogen) atoms. The number of aryl methyl sites for hydroxylation is 2. The number of aromatic nitrogens is 3. The normalized spacial score (nSPS) is 11.8. The smallest absolute Gasteiger partial charge is 0.152 e. The van der Waals surface area contributed by atoms with Gasteiger partial charge in [0.1, 0.15) is 17.1 Å². The highest BCUT2D eigenvalue weighted by Gasteiger charge is 2.17. The van der Waals surface area contributed by atoms with Gasteiger partial charge in [-0.25, -0.2) is 9.97 Å². The lowest BCUT2D eigenvalue weighted by Gasteiger charge is -2.17. The van der Waals surface area contributed by atoms with E-state index in [1.165, 1.54) is 0 Å². The molecule has 3 rings (SSSR count). The number of nitrogen functional groups attached to an aromatic ring is 1. The maximum absolute atomic E-state index is 10.8.